The molecule has 6 fully saturated rings. The molecule has 0 aromatic carbocycles. The van der Waals surface area contributed by atoms with E-state index in [0.29, 0.717) is 31.3 Å². The van der Waals surface area contributed by atoms with Crippen LogP contribution in [-0.2, 0) is 28.6 Å². The van der Waals surface area contributed by atoms with Crippen LogP contribution < -0.4 is 0 Å². The molecule has 4 unspecified atom stereocenters. The lowest BCUT2D eigenvalue weighted by Crippen LogP contribution is -2.68. The van der Waals surface area contributed by atoms with E-state index in [9.17, 15) is 45.6 Å². The molecular weight excluding hydrogens is 670 g/mol. The van der Waals surface area contributed by atoms with E-state index in [2.05, 4.69) is 13.8 Å². The van der Waals surface area contributed by atoms with Crippen molar-refractivity contribution < 1.29 is 69.4 Å². The molecule has 0 aromatic heterocycles. The molecule has 3 heterocycles. The van der Waals surface area contributed by atoms with Crippen molar-refractivity contribution in [2.75, 3.05) is 26.9 Å². The number of aliphatic hydroxyl groups is 8. The van der Waals surface area contributed by atoms with Crippen molar-refractivity contribution in [3.05, 3.63) is 11.6 Å². The molecule has 3 aliphatic heterocycles. The third-order valence-corrected chi connectivity index (χ3v) is 14.8. The molecule has 51 heavy (non-hydrogen) atoms. The Hall–Kier alpha value is -1.31. The van der Waals surface area contributed by atoms with Crippen molar-refractivity contribution in [2.45, 2.75) is 145 Å². The second-order valence-electron chi connectivity index (χ2n) is 16.8. The van der Waals surface area contributed by atoms with E-state index >= 15 is 0 Å². The zero-order chi connectivity index (χ0) is 36.6. The molecule has 18 atom stereocenters. The van der Waals surface area contributed by atoms with Gasteiger partial charge in [0.1, 0.15) is 55.4 Å². The van der Waals surface area contributed by atoms with Crippen LogP contribution in [0.5, 0.6) is 0 Å². The number of hydrogen-bond acceptors (Lipinski definition) is 15. The Kier molecular flexibility index (Phi) is 10.5. The van der Waals surface area contributed by atoms with Crippen LogP contribution in [0.2, 0.25) is 0 Å². The number of cyclic esters (lactones) is 1. The maximum Gasteiger partial charge on any atom is 0.331 e. The van der Waals surface area contributed by atoms with E-state index in [1.807, 2.05) is 0 Å². The number of esters is 1. The minimum Gasteiger partial charge on any atom is -0.458 e. The number of nitrogens with zero attached hydrogens (tertiary/aromatic N) is 1. The summed E-state index contributed by atoms with van der Waals surface area (Å²) in [6, 6.07) is -0.182. The van der Waals surface area contributed by atoms with Gasteiger partial charge in [-0.05, 0) is 92.4 Å². The van der Waals surface area contributed by atoms with E-state index in [1.54, 1.807) is 11.1 Å². The van der Waals surface area contributed by atoms with Gasteiger partial charge in [0, 0.05) is 17.5 Å². The molecule has 7 aliphatic rings. The maximum absolute atomic E-state index is 12.6. The molecule has 0 amide bonds. The second-order valence-corrected chi connectivity index (χ2v) is 16.8. The second kappa shape index (κ2) is 14.1. The number of fused-ring (bicyclic) bond motifs is 5. The Labute approximate surface area is 298 Å². The zero-order valence-electron chi connectivity index (χ0n) is 29.7. The molecule has 0 aromatic rings. The Bertz CT molecular complexity index is 1320. The summed E-state index contributed by atoms with van der Waals surface area (Å²) in [6.07, 6.45) is -5.66. The van der Waals surface area contributed by atoms with Crippen LogP contribution in [0.3, 0.4) is 0 Å². The smallest absolute Gasteiger partial charge is 0.331 e. The first-order valence-electron chi connectivity index (χ1n) is 18.7. The Morgan fingerprint density at radius 2 is 1.59 bits per heavy atom. The molecule has 290 valence electrons. The third-order valence-electron chi connectivity index (χ3n) is 14.8. The number of carbonyl (C=O) groups is 1. The standard InChI is InChI=1S/C36H57NO14/c1-34-9-6-19(13-18(34)4-5-22-21(34)7-10-35(2)20(8-11-36(22,35)46)17-12-25(40)48-16-17)37(47-3)32-29(44)28(43)31(24(15-39)49-32)51-33-30(45)27(42)26(41)23(14-38)50-33/h12,18-24,26-33,38-39,41-46H,4-11,13-16H2,1-3H3/t18?,19-,20+,21?,22?,23+,24+,26-,27-,28+,29+,30+,31+,32?,33-,34-,35+,36-/m0/s1. The van der Waals surface area contributed by atoms with E-state index in [-0.39, 0.29) is 34.7 Å². The van der Waals surface area contributed by atoms with Crippen molar-refractivity contribution in [1.82, 2.24) is 5.06 Å². The number of ether oxygens (including phenoxy) is 4. The first-order valence-corrected chi connectivity index (χ1v) is 18.7. The van der Waals surface area contributed by atoms with Crippen LogP contribution in [-0.4, -0.2) is 152 Å². The normalized spacial score (nSPS) is 52.9. The highest BCUT2D eigenvalue weighted by molar-refractivity contribution is 5.85. The summed E-state index contributed by atoms with van der Waals surface area (Å²) in [5.74, 6) is 0.638. The number of aliphatic hydroxyl groups excluding tert-OH is 7. The lowest BCUT2D eigenvalue weighted by molar-refractivity contribution is -0.374. The molecule has 0 radical (unpaired) electrons. The predicted molar refractivity (Wildman–Crippen MR) is 175 cm³/mol. The van der Waals surface area contributed by atoms with Gasteiger partial charge in [-0.3, -0.25) is 4.84 Å². The Morgan fingerprint density at radius 1 is 0.843 bits per heavy atom. The third kappa shape index (κ3) is 5.94. The average Bonchev–Trinajstić information content (AvgIpc) is 3.67. The highest BCUT2D eigenvalue weighted by atomic mass is 16.7. The molecule has 2 saturated heterocycles. The van der Waals surface area contributed by atoms with Gasteiger partial charge >= 0.3 is 5.97 Å². The lowest BCUT2D eigenvalue weighted by Gasteiger charge is -2.64. The molecule has 15 heteroatoms. The van der Waals surface area contributed by atoms with Gasteiger partial charge in [-0.1, -0.05) is 13.8 Å². The Balaban J connectivity index is 1.03. The van der Waals surface area contributed by atoms with Crippen molar-refractivity contribution in [3.8, 4) is 0 Å². The highest BCUT2D eigenvalue weighted by Gasteiger charge is 2.68. The van der Waals surface area contributed by atoms with E-state index < -0.39 is 80.2 Å². The van der Waals surface area contributed by atoms with Crippen LogP contribution in [0.25, 0.3) is 0 Å². The predicted octanol–water partition coefficient (Wildman–Crippen LogP) is -0.900. The van der Waals surface area contributed by atoms with Gasteiger partial charge in [0.05, 0.1) is 25.9 Å². The number of carbonyl (C=O) groups excluding carboxylic acids is 1. The van der Waals surface area contributed by atoms with Crippen molar-refractivity contribution in [3.63, 3.8) is 0 Å². The lowest BCUT2D eigenvalue weighted by atomic mass is 9.43. The topological polar surface area (TPSA) is 228 Å². The van der Waals surface area contributed by atoms with Gasteiger partial charge in [-0.15, -0.1) is 0 Å². The van der Waals surface area contributed by atoms with Crippen LogP contribution in [0.1, 0.15) is 71.6 Å². The fourth-order valence-corrected chi connectivity index (χ4v) is 11.9. The van der Waals surface area contributed by atoms with E-state index in [0.717, 1.165) is 50.5 Å². The molecule has 4 aliphatic carbocycles. The molecule has 15 nitrogen and oxygen atoms in total. The Morgan fingerprint density at radius 3 is 2.25 bits per heavy atom. The number of hydrogen-bond donors (Lipinski definition) is 8. The minimum absolute atomic E-state index is 0.0246. The molecule has 4 saturated carbocycles. The summed E-state index contributed by atoms with van der Waals surface area (Å²) in [7, 11) is 1.48. The van der Waals surface area contributed by atoms with Gasteiger partial charge in [0.15, 0.2) is 12.5 Å². The summed E-state index contributed by atoms with van der Waals surface area (Å²) in [4.78, 5) is 17.8. The minimum atomic E-state index is -1.75. The maximum atomic E-state index is 12.6. The molecule has 0 bridgehead atoms. The summed E-state index contributed by atoms with van der Waals surface area (Å²) in [5.41, 5.74) is -0.141. The van der Waals surface area contributed by atoms with Gasteiger partial charge in [-0.25, -0.2) is 4.79 Å². The van der Waals surface area contributed by atoms with E-state index in [1.165, 1.54) is 7.11 Å². The summed E-state index contributed by atoms with van der Waals surface area (Å²) >= 11 is 0. The first kappa shape index (κ1) is 38.0. The fraction of sp³-hybridized carbons (Fsp3) is 0.917. The summed E-state index contributed by atoms with van der Waals surface area (Å²) in [5, 5.41) is 87.5. The van der Waals surface area contributed by atoms with Gasteiger partial charge < -0.3 is 59.8 Å². The molecule has 7 rings (SSSR count). The largest absolute Gasteiger partial charge is 0.458 e. The van der Waals surface area contributed by atoms with E-state index in [4.69, 9.17) is 23.8 Å². The monoisotopic (exact) mass is 727 g/mol. The number of rotatable bonds is 8. The van der Waals surface area contributed by atoms with Crippen molar-refractivity contribution in [2.24, 2.45) is 34.5 Å². The number of hydroxylamine groups is 2. The quantitative estimate of drug-likeness (QED) is 0.112. The average molecular weight is 728 g/mol. The van der Waals surface area contributed by atoms with Crippen molar-refractivity contribution in [1.29, 1.82) is 0 Å². The summed E-state index contributed by atoms with van der Waals surface area (Å²) in [6.45, 7) is 3.60. The SMILES string of the molecule is CON(C1O[C@H](CO)[C@@H](O[C@@H]2O[C@H](CO)[C@H](O)[C@H](O)[C@H]2O)[C@H](O)[C@H]1O)[C@H]1CC[C@@]2(C)C(CCC3C2CC[C@]2(C)[C@@H](C4=CC(=O)OC4)CC[C@]32O)C1. The molecule has 8 N–H and O–H groups in total. The first-order chi connectivity index (χ1) is 24.2. The summed E-state index contributed by atoms with van der Waals surface area (Å²) < 4.78 is 22.6. The fourth-order valence-electron chi connectivity index (χ4n) is 11.9. The zero-order valence-corrected chi connectivity index (χ0v) is 29.7. The van der Waals surface area contributed by atoms with Crippen LogP contribution in [0.15, 0.2) is 11.6 Å². The van der Waals surface area contributed by atoms with Crippen molar-refractivity contribution >= 4 is 5.97 Å². The molecular formula is C36H57NO14. The highest BCUT2D eigenvalue weighted by Crippen LogP contribution is 2.70. The van der Waals surface area contributed by atoms with Crippen LogP contribution in [0, 0.1) is 34.5 Å². The van der Waals surface area contributed by atoms with Crippen LogP contribution >= 0.6 is 0 Å². The van der Waals surface area contributed by atoms with Gasteiger partial charge in [-0.2, -0.15) is 5.06 Å². The molecule has 0 spiro atoms. The van der Waals surface area contributed by atoms with Crippen LogP contribution in [0.4, 0.5) is 0 Å². The van der Waals surface area contributed by atoms with Gasteiger partial charge in [0.2, 0.25) is 0 Å². The van der Waals surface area contributed by atoms with Gasteiger partial charge in [0.25, 0.3) is 0 Å².